The second-order valence-corrected chi connectivity index (χ2v) is 8.18. The van der Waals surface area contributed by atoms with Crippen molar-refractivity contribution in [2.45, 2.75) is 59.7 Å². The van der Waals surface area contributed by atoms with Crippen molar-refractivity contribution >= 4 is 27.5 Å². The summed E-state index contributed by atoms with van der Waals surface area (Å²) in [5.74, 6) is -0.606. The van der Waals surface area contributed by atoms with Crippen LogP contribution in [0.2, 0.25) is 0 Å². The maximum absolute atomic E-state index is 12.9. The number of aromatic nitrogens is 2. The van der Waals surface area contributed by atoms with Gasteiger partial charge in [0, 0.05) is 6.54 Å². The van der Waals surface area contributed by atoms with Crippen LogP contribution in [0, 0.1) is 0 Å². The fourth-order valence-electron chi connectivity index (χ4n) is 2.86. The quantitative estimate of drug-likeness (QED) is 0.593. The molecular formula is C22H28N2O4S. The summed E-state index contributed by atoms with van der Waals surface area (Å²) in [6.07, 6.45) is 0.651. The molecular weight excluding hydrogens is 388 g/mol. The third kappa shape index (κ3) is 5.67. The Kier molecular flexibility index (Phi) is 7.56. The molecule has 3 rings (SSSR count). The Balaban J connectivity index is 0.00000145. The molecule has 0 unspecified atom stereocenters. The molecule has 29 heavy (non-hydrogen) atoms. The number of benzene rings is 1. The van der Waals surface area contributed by atoms with Crippen LogP contribution in [0.25, 0.3) is 10.2 Å². The second-order valence-electron chi connectivity index (χ2n) is 7.29. The first-order chi connectivity index (χ1) is 13.8. The molecule has 1 aromatic carbocycles. The number of carbonyl (C=O) groups is 1. The van der Waals surface area contributed by atoms with Gasteiger partial charge in [-0.3, -0.25) is 14.2 Å². The zero-order valence-corrected chi connectivity index (χ0v) is 18.4. The second kappa shape index (κ2) is 9.69. The van der Waals surface area contributed by atoms with Gasteiger partial charge in [-0.25, -0.2) is 9.36 Å². The molecule has 0 fully saturated rings. The minimum absolute atomic E-state index is 0.397. The molecule has 0 aliphatic heterocycles. The molecule has 2 heterocycles. The molecule has 0 bridgehead atoms. The van der Waals surface area contributed by atoms with Crippen molar-refractivity contribution in [3.63, 3.8) is 0 Å². The van der Waals surface area contributed by atoms with Crippen LogP contribution in [0.1, 0.15) is 40.2 Å². The SMILES string of the molecule is CC.CC(C)(C)OC(=O)Cn1c(=O)c2ccsc2n(CCc2ccccc2)c1=O. The van der Waals surface area contributed by atoms with Crippen molar-refractivity contribution in [2.24, 2.45) is 0 Å². The van der Waals surface area contributed by atoms with Gasteiger partial charge in [-0.2, -0.15) is 0 Å². The molecule has 0 radical (unpaired) electrons. The third-order valence-corrected chi connectivity index (χ3v) is 4.94. The van der Waals surface area contributed by atoms with Gasteiger partial charge in [-0.05, 0) is 44.2 Å². The minimum atomic E-state index is -0.681. The van der Waals surface area contributed by atoms with E-state index in [1.807, 2.05) is 44.2 Å². The standard InChI is InChI=1S/C20H22N2O4S.C2H6/c1-20(2,3)26-16(23)13-22-17(24)15-10-12-27-18(15)21(19(22)25)11-9-14-7-5-4-6-8-14;1-2/h4-8,10,12H,9,11,13H2,1-3H3;1-2H3. The number of aryl methyl sites for hydroxylation is 2. The Morgan fingerprint density at radius 3 is 2.31 bits per heavy atom. The van der Waals surface area contributed by atoms with E-state index in [-0.39, 0.29) is 0 Å². The molecule has 0 aliphatic rings. The number of esters is 1. The largest absolute Gasteiger partial charge is 0.459 e. The molecule has 6 nitrogen and oxygen atoms in total. The van der Waals surface area contributed by atoms with Gasteiger partial charge in [0.15, 0.2) is 0 Å². The highest BCUT2D eigenvalue weighted by Crippen LogP contribution is 2.16. The minimum Gasteiger partial charge on any atom is -0.459 e. The van der Waals surface area contributed by atoms with E-state index in [0.29, 0.717) is 23.2 Å². The lowest BCUT2D eigenvalue weighted by atomic mass is 10.1. The molecule has 0 saturated heterocycles. The monoisotopic (exact) mass is 416 g/mol. The van der Waals surface area contributed by atoms with E-state index in [9.17, 15) is 14.4 Å². The molecule has 3 aromatic rings. The molecule has 0 amide bonds. The van der Waals surface area contributed by atoms with E-state index >= 15 is 0 Å². The molecule has 156 valence electrons. The molecule has 2 aromatic heterocycles. The molecule has 0 saturated carbocycles. The Morgan fingerprint density at radius 2 is 1.69 bits per heavy atom. The third-order valence-electron chi connectivity index (χ3n) is 4.00. The van der Waals surface area contributed by atoms with Gasteiger partial charge in [-0.15, -0.1) is 11.3 Å². The van der Waals surface area contributed by atoms with Crippen LogP contribution in [0.5, 0.6) is 0 Å². The fraction of sp³-hybridized carbons (Fsp3) is 0.409. The van der Waals surface area contributed by atoms with Gasteiger partial charge < -0.3 is 4.74 Å². The summed E-state index contributed by atoms with van der Waals surface area (Å²) in [5, 5.41) is 2.22. The first kappa shape index (κ1) is 22.6. The predicted molar refractivity (Wildman–Crippen MR) is 118 cm³/mol. The first-order valence-corrected chi connectivity index (χ1v) is 10.6. The fourth-order valence-corrected chi connectivity index (χ4v) is 3.77. The summed E-state index contributed by atoms with van der Waals surface area (Å²) in [4.78, 5) is 38.4. The van der Waals surface area contributed by atoms with Crippen LogP contribution in [0.3, 0.4) is 0 Å². The van der Waals surface area contributed by atoms with Crippen molar-refractivity contribution in [1.82, 2.24) is 9.13 Å². The maximum atomic E-state index is 12.9. The molecule has 0 atom stereocenters. The number of nitrogens with zero attached hydrogens (tertiary/aromatic N) is 2. The van der Waals surface area contributed by atoms with Gasteiger partial charge in [0.1, 0.15) is 17.0 Å². The van der Waals surface area contributed by atoms with Crippen LogP contribution in [0.15, 0.2) is 51.4 Å². The lowest BCUT2D eigenvalue weighted by Crippen LogP contribution is -2.42. The topological polar surface area (TPSA) is 70.3 Å². The van der Waals surface area contributed by atoms with Crippen molar-refractivity contribution < 1.29 is 9.53 Å². The smallest absolute Gasteiger partial charge is 0.332 e. The molecule has 7 heteroatoms. The highest BCUT2D eigenvalue weighted by Gasteiger charge is 2.20. The van der Waals surface area contributed by atoms with E-state index in [1.54, 1.807) is 36.8 Å². The highest BCUT2D eigenvalue weighted by atomic mass is 32.1. The number of fused-ring (bicyclic) bond motifs is 1. The van der Waals surface area contributed by atoms with Crippen LogP contribution in [-0.2, 0) is 29.0 Å². The number of carbonyl (C=O) groups excluding carboxylic acids is 1. The van der Waals surface area contributed by atoms with Gasteiger partial charge in [0.2, 0.25) is 0 Å². The lowest BCUT2D eigenvalue weighted by molar-refractivity contribution is -0.155. The zero-order valence-electron chi connectivity index (χ0n) is 17.6. The van der Waals surface area contributed by atoms with Crippen molar-refractivity contribution in [3.8, 4) is 0 Å². The summed E-state index contributed by atoms with van der Waals surface area (Å²) in [6.45, 7) is 9.26. The van der Waals surface area contributed by atoms with Crippen LogP contribution < -0.4 is 11.2 Å². The normalized spacial score (nSPS) is 11.1. The van der Waals surface area contributed by atoms with E-state index < -0.39 is 29.4 Å². The number of rotatable bonds is 5. The average Bonchev–Trinajstić information content (AvgIpc) is 3.16. The van der Waals surface area contributed by atoms with Crippen LogP contribution >= 0.6 is 11.3 Å². The number of hydrogen-bond acceptors (Lipinski definition) is 5. The van der Waals surface area contributed by atoms with E-state index in [1.165, 1.54) is 11.3 Å². The summed E-state index contributed by atoms with van der Waals surface area (Å²) < 4.78 is 7.80. The van der Waals surface area contributed by atoms with Crippen molar-refractivity contribution in [3.05, 3.63) is 68.2 Å². The van der Waals surface area contributed by atoms with Gasteiger partial charge in [-0.1, -0.05) is 44.2 Å². The lowest BCUT2D eigenvalue weighted by Gasteiger charge is -2.20. The Morgan fingerprint density at radius 1 is 1.03 bits per heavy atom. The molecule has 0 N–H and O–H groups in total. The predicted octanol–water partition coefficient (Wildman–Crippen LogP) is 3.84. The number of ether oxygens (including phenoxy) is 1. The van der Waals surface area contributed by atoms with Gasteiger partial charge in [0.05, 0.1) is 5.39 Å². The summed E-state index contributed by atoms with van der Waals surface area (Å²) >= 11 is 1.35. The summed E-state index contributed by atoms with van der Waals surface area (Å²) in [7, 11) is 0. The van der Waals surface area contributed by atoms with Crippen molar-refractivity contribution in [1.29, 1.82) is 0 Å². The number of hydrogen-bond donors (Lipinski definition) is 0. The van der Waals surface area contributed by atoms with Gasteiger partial charge >= 0.3 is 11.7 Å². The van der Waals surface area contributed by atoms with Crippen molar-refractivity contribution in [2.75, 3.05) is 0 Å². The first-order valence-electron chi connectivity index (χ1n) is 9.73. The van der Waals surface area contributed by atoms with E-state index in [4.69, 9.17) is 4.74 Å². The Hall–Kier alpha value is -2.67. The molecule has 0 spiro atoms. The van der Waals surface area contributed by atoms with E-state index in [2.05, 4.69) is 0 Å². The van der Waals surface area contributed by atoms with Gasteiger partial charge in [0.25, 0.3) is 5.56 Å². The number of thiophene rings is 1. The Bertz CT molecular complexity index is 1070. The Labute approximate surface area is 174 Å². The highest BCUT2D eigenvalue weighted by molar-refractivity contribution is 7.16. The average molecular weight is 417 g/mol. The van der Waals surface area contributed by atoms with Crippen LogP contribution in [-0.4, -0.2) is 20.7 Å². The van der Waals surface area contributed by atoms with E-state index in [0.717, 1.165) is 10.1 Å². The maximum Gasteiger partial charge on any atom is 0.332 e. The summed E-state index contributed by atoms with van der Waals surface area (Å²) in [5.41, 5.74) is -0.534. The van der Waals surface area contributed by atoms with Crippen LogP contribution in [0.4, 0.5) is 0 Å². The molecule has 0 aliphatic carbocycles. The zero-order chi connectivity index (χ0) is 21.6. The summed E-state index contributed by atoms with van der Waals surface area (Å²) in [6, 6.07) is 11.5.